The lowest BCUT2D eigenvalue weighted by Gasteiger charge is -1.91. The maximum atomic E-state index is 5.71. The van der Waals surface area contributed by atoms with Crippen LogP contribution < -0.4 is 4.87 Å². The van der Waals surface area contributed by atoms with Gasteiger partial charge in [-0.1, -0.05) is 35.1 Å². The predicted molar refractivity (Wildman–Crippen MR) is 75.2 cm³/mol. The topological polar surface area (TPSA) is 25.5 Å². The third kappa shape index (κ3) is 2.22. The first-order valence-electron chi connectivity index (χ1n) is 5.82. The molecule has 0 atom stereocenters. The molecular formula is C15H13NOS. The normalized spacial score (nSPS) is 12.2. The number of hydrogen-bond acceptors (Lipinski definition) is 3. The second-order valence-electron chi connectivity index (χ2n) is 4.37. The first kappa shape index (κ1) is 11.2. The molecule has 0 aliphatic rings. The molecule has 2 aromatic carbocycles. The van der Waals surface area contributed by atoms with E-state index in [0.29, 0.717) is 4.87 Å². The Labute approximate surface area is 109 Å². The van der Waals surface area contributed by atoms with Crippen LogP contribution in [0.2, 0.25) is 0 Å². The fraction of sp³-hybridized carbons (Fsp3) is 0.133. The average Bonchev–Trinajstić information content (AvgIpc) is 2.73. The number of rotatable bonds is 1. The van der Waals surface area contributed by atoms with Gasteiger partial charge in [0.25, 0.3) is 4.87 Å². The van der Waals surface area contributed by atoms with Gasteiger partial charge in [-0.15, -0.1) is 0 Å². The lowest BCUT2D eigenvalue weighted by atomic mass is 10.2. The number of benzene rings is 2. The van der Waals surface area contributed by atoms with Gasteiger partial charge >= 0.3 is 0 Å². The molecule has 0 spiro atoms. The zero-order valence-corrected chi connectivity index (χ0v) is 11.1. The van der Waals surface area contributed by atoms with Crippen molar-refractivity contribution < 1.29 is 4.42 Å². The minimum atomic E-state index is 0.694. The van der Waals surface area contributed by atoms with Gasteiger partial charge in [0.2, 0.25) is 0 Å². The summed E-state index contributed by atoms with van der Waals surface area (Å²) in [6, 6.07) is 14.3. The molecule has 18 heavy (non-hydrogen) atoms. The SMILES string of the molecule is Cc1ccc(N=c2oc3ccc(C)cc3s2)cc1. The van der Waals surface area contributed by atoms with E-state index < -0.39 is 0 Å². The van der Waals surface area contributed by atoms with Crippen molar-refractivity contribution in [2.75, 3.05) is 0 Å². The van der Waals surface area contributed by atoms with E-state index >= 15 is 0 Å². The molecule has 1 aromatic heterocycles. The second kappa shape index (κ2) is 4.42. The molecule has 90 valence electrons. The first-order valence-corrected chi connectivity index (χ1v) is 6.64. The Morgan fingerprint density at radius 2 is 1.67 bits per heavy atom. The Bertz CT molecular complexity index is 750. The molecule has 0 radical (unpaired) electrons. The van der Waals surface area contributed by atoms with Crippen LogP contribution in [0.4, 0.5) is 5.69 Å². The molecule has 0 bridgehead atoms. The van der Waals surface area contributed by atoms with Crippen LogP contribution in [0.15, 0.2) is 51.9 Å². The summed E-state index contributed by atoms with van der Waals surface area (Å²) in [6.07, 6.45) is 0. The van der Waals surface area contributed by atoms with E-state index in [4.69, 9.17) is 4.42 Å². The van der Waals surface area contributed by atoms with E-state index in [1.54, 1.807) is 11.3 Å². The van der Waals surface area contributed by atoms with Gasteiger partial charge in [0, 0.05) is 0 Å². The minimum absolute atomic E-state index is 0.694. The van der Waals surface area contributed by atoms with E-state index in [9.17, 15) is 0 Å². The number of aryl methyl sites for hydroxylation is 2. The van der Waals surface area contributed by atoms with Crippen molar-refractivity contribution >= 4 is 27.3 Å². The highest BCUT2D eigenvalue weighted by Gasteiger charge is 2.00. The van der Waals surface area contributed by atoms with Crippen molar-refractivity contribution in [2.24, 2.45) is 4.99 Å². The third-order valence-corrected chi connectivity index (χ3v) is 3.64. The number of nitrogens with zero attached hydrogens (tertiary/aromatic N) is 1. The summed E-state index contributed by atoms with van der Waals surface area (Å²) in [5.41, 5.74) is 4.29. The summed E-state index contributed by atoms with van der Waals surface area (Å²) in [5.74, 6) is 0. The van der Waals surface area contributed by atoms with Gasteiger partial charge in [0.05, 0.1) is 10.4 Å². The molecular weight excluding hydrogens is 242 g/mol. The quantitative estimate of drug-likeness (QED) is 0.635. The third-order valence-electron chi connectivity index (χ3n) is 2.75. The van der Waals surface area contributed by atoms with Crippen LogP contribution in [-0.4, -0.2) is 0 Å². The van der Waals surface area contributed by atoms with E-state index in [0.717, 1.165) is 16.0 Å². The van der Waals surface area contributed by atoms with Crippen LogP contribution >= 0.6 is 11.3 Å². The summed E-state index contributed by atoms with van der Waals surface area (Å²) in [4.78, 5) is 5.19. The highest BCUT2D eigenvalue weighted by Crippen LogP contribution is 2.19. The summed E-state index contributed by atoms with van der Waals surface area (Å²) >= 11 is 1.58. The number of hydrogen-bond donors (Lipinski definition) is 0. The molecule has 3 rings (SSSR count). The molecule has 0 fully saturated rings. The van der Waals surface area contributed by atoms with E-state index in [2.05, 4.69) is 37.0 Å². The molecule has 0 aliphatic carbocycles. The summed E-state index contributed by atoms with van der Waals surface area (Å²) in [7, 11) is 0. The Kier molecular flexibility index (Phi) is 2.76. The van der Waals surface area contributed by atoms with Crippen LogP contribution in [0.1, 0.15) is 11.1 Å². The fourth-order valence-corrected chi connectivity index (χ4v) is 2.68. The Morgan fingerprint density at radius 1 is 0.944 bits per heavy atom. The average molecular weight is 255 g/mol. The second-order valence-corrected chi connectivity index (χ2v) is 5.36. The fourth-order valence-electron chi connectivity index (χ4n) is 1.76. The van der Waals surface area contributed by atoms with Gasteiger partial charge in [-0.25, -0.2) is 4.99 Å². The van der Waals surface area contributed by atoms with Crippen LogP contribution in [-0.2, 0) is 0 Å². The summed E-state index contributed by atoms with van der Waals surface area (Å²) < 4.78 is 6.85. The Balaban J connectivity index is 2.11. The van der Waals surface area contributed by atoms with Crippen molar-refractivity contribution in [1.82, 2.24) is 0 Å². The molecule has 1 heterocycles. The molecule has 3 heteroatoms. The molecule has 0 unspecified atom stereocenters. The van der Waals surface area contributed by atoms with Crippen molar-refractivity contribution in [3.63, 3.8) is 0 Å². The number of fused-ring (bicyclic) bond motifs is 1. The summed E-state index contributed by atoms with van der Waals surface area (Å²) in [6.45, 7) is 4.15. The predicted octanol–water partition coefficient (Wildman–Crippen LogP) is 4.34. The first-order chi connectivity index (χ1) is 8.70. The lowest BCUT2D eigenvalue weighted by molar-refractivity contribution is 0.570. The van der Waals surface area contributed by atoms with Gasteiger partial charge in [0.1, 0.15) is 5.58 Å². The smallest absolute Gasteiger partial charge is 0.279 e. The largest absolute Gasteiger partial charge is 0.429 e. The van der Waals surface area contributed by atoms with E-state index in [-0.39, 0.29) is 0 Å². The van der Waals surface area contributed by atoms with Crippen LogP contribution in [0.5, 0.6) is 0 Å². The van der Waals surface area contributed by atoms with Crippen LogP contribution in [0.3, 0.4) is 0 Å². The Morgan fingerprint density at radius 3 is 2.44 bits per heavy atom. The van der Waals surface area contributed by atoms with Gasteiger partial charge in [-0.2, -0.15) is 0 Å². The Hall–Kier alpha value is -1.87. The zero-order valence-electron chi connectivity index (χ0n) is 10.3. The molecule has 3 aromatic rings. The van der Waals surface area contributed by atoms with E-state index in [1.165, 1.54) is 11.1 Å². The highest BCUT2D eigenvalue weighted by molar-refractivity contribution is 7.16. The molecule has 2 nitrogen and oxygen atoms in total. The molecule has 0 N–H and O–H groups in total. The molecule has 0 saturated heterocycles. The lowest BCUT2D eigenvalue weighted by Crippen LogP contribution is -1.87. The van der Waals surface area contributed by atoms with Crippen molar-refractivity contribution in [2.45, 2.75) is 13.8 Å². The van der Waals surface area contributed by atoms with Gasteiger partial charge in [-0.3, -0.25) is 0 Å². The minimum Gasteiger partial charge on any atom is -0.429 e. The molecule has 0 saturated carbocycles. The van der Waals surface area contributed by atoms with Crippen molar-refractivity contribution in [3.05, 3.63) is 58.5 Å². The molecule has 0 amide bonds. The van der Waals surface area contributed by atoms with Gasteiger partial charge < -0.3 is 4.42 Å². The summed E-state index contributed by atoms with van der Waals surface area (Å²) in [5, 5.41) is 0. The maximum Gasteiger partial charge on any atom is 0.279 e. The standard InChI is InChI=1S/C15H13NOS/c1-10-3-6-12(7-4-10)16-15-17-13-8-5-11(2)9-14(13)18-15/h3-9H,1-2H3. The monoisotopic (exact) mass is 255 g/mol. The van der Waals surface area contributed by atoms with Crippen molar-refractivity contribution in [1.29, 1.82) is 0 Å². The highest BCUT2D eigenvalue weighted by atomic mass is 32.1. The van der Waals surface area contributed by atoms with Crippen molar-refractivity contribution in [3.8, 4) is 0 Å². The molecule has 0 aliphatic heterocycles. The zero-order chi connectivity index (χ0) is 12.5. The van der Waals surface area contributed by atoms with Gasteiger partial charge in [0.15, 0.2) is 0 Å². The van der Waals surface area contributed by atoms with Crippen LogP contribution in [0, 0.1) is 13.8 Å². The van der Waals surface area contributed by atoms with Crippen LogP contribution in [0.25, 0.3) is 10.3 Å². The van der Waals surface area contributed by atoms with Gasteiger partial charge in [-0.05, 0) is 43.7 Å². The van der Waals surface area contributed by atoms with E-state index in [1.807, 2.05) is 24.3 Å². The maximum absolute atomic E-state index is 5.71.